The molecule has 27 heavy (non-hydrogen) atoms. The van der Waals surface area contributed by atoms with Crippen molar-refractivity contribution in [2.75, 3.05) is 19.8 Å². The van der Waals surface area contributed by atoms with Crippen molar-refractivity contribution in [2.45, 2.75) is 58.8 Å². The molecular formula is C17H28N2O8. The summed E-state index contributed by atoms with van der Waals surface area (Å²) in [5, 5.41) is 15.7. The number of aliphatic hydroxyl groups is 1. The van der Waals surface area contributed by atoms with E-state index in [9.17, 15) is 19.5 Å². The second kappa shape index (κ2) is 10.1. The number of nitrogens with zero attached hydrogens (tertiary/aromatic N) is 1. The van der Waals surface area contributed by atoms with Gasteiger partial charge >= 0.3 is 18.0 Å². The van der Waals surface area contributed by atoms with Crippen LogP contribution in [-0.2, 0) is 28.6 Å². The second-order valence-electron chi connectivity index (χ2n) is 6.82. The normalized spacial score (nSPS) is 20.1. The number of rotatable bonds is 8. The summed E-state index contributed by atoms with van der Waals surface area (Å²) >= 11 is 0. The van der Waals surface area contributed by atoms with Crippen molar-refractivity contribution in [3.05, 3.63) is 0 Å². The van der Waals surface area contributed by atoms with Gasteiger partial charge in [-0.15, -0.1) is 0 Å². The van der Waals surface area contributed by atoms with Crippen LogP contribution in [0.2, 0.25) is 0 Å². The number of carbonyl (C=O) groups excluding carboxylic acids is 3. The summed E-state index contributed by atoms with van der Waals surface area (Å²) in [6, 6.07) is -1.10. The van der Waals surface area contributed by atoms with Gasteiger partial charge in [0, 0.05) is 6.42 Å². The summed E-state index contributed by atoms with van der Waals surface area (Å²) in [5.41, 5.74) is -0.815. The van der Waals surface area contributed by atoms with Gasteiger partial charge in [-0.1, -0.05) is 5.16 Å². The Kier molecular flexibility index (Phi) is 8.48. The minimum absolute atomic E-state index is 0.0655. The predicted molar refractivity (Wildman–Crippen MR) is 93.9 cm³/mol. The Balaban J connectivity index is 2.84. The fourth-order valence-corrected chi connectivity index (χ4v) is 2.39. The molecule has 0 aromatic heterocycles. The molecule has 0 fully saturated rings. The highest BCUT2D eigenvalue weighted by Crippen LogP contribution is 2.24. The van der Waals surface area contributed by atoms with E-state index in [-0.39, 0.29) is 25.3 Å². The van der Waals surface area contributed by atoms with Crippen LogP contribution in [0.25, 0.3) is 0 Å². The van der Waals surface area contributed by atoms with Crippen molar-refractivity contribution >= 4 is 23.7 Å². The second-order valence-corrected chi connectivity index (χ2v) is 6.82. The molecule has 1 amide bonds. The quantitative estimate of drug-likeness (QED) is 0.460. The smallest absolute Gasteiger partial charge is 0.408 e. The molecule has 0 saturated heterocycles. The molecule has 3 atom stereocenters. The van der Waals surface area contributed by atoms with Gasteiger partial charge in [0.05, 0.1) is 25.7 Å². The monoisotopic (exact) mass is 388 g/mol. The number of alkyl carbamates (subject to hydrolysis) is 1. The highest BCUT2D eigenvalue weighted by molar-refractivity contribution is 6.37. The highest BCUT2D eigenvalue weighted by atomic mass is 16.6. The number of ether oxygens (including phenoxy) is 3. The third kappa shape index (κ3) is 7.05. The third-order valence-corrected chi connectivity index (χ3v) is 3.50. The van der Waals surface area contributed by atoms with Crippen molar-refractivity contribution in [1.29, 1.82) is 0 Å². The van der Waals surface area contributed by atoms with Crippen LogP contribution in [0.15, 0.2) is 5.16 Å². The van der Waals surface area contributed by atoms with E-state index in [0.29, 0.717) is 0 Å². The standard InChI is InChI=1S/C17H28N2O8/c1-6-24-14(21)11(18-16(23)26-17(3,4)5)8-12-10(9-20)13(19-27-12)15(22)25-7-2/h10-12,20H,6-9H2,1-5H3,(H,18,23)/t10-,11+,12+/m1/s1. The number of amides is 1. The molecule has 1 heterocycles. The third-order valence-electron chi connectivity index (χ3n) is 3.50. The molecule has 0 spiro atoms. The maximum absolute atomic E-state index is 12.2. The Morgan fingerprint density at radius 3 is 2.37 bits per heavy atom. The van der Waals surface area contributed by atoms with Crippen LogP contribution < -0.4 is 5.32 Å². The van der Waals surface area contributed by atoms with Gasteiger partial charge in [0.25, 0.3) is 0 Å². The Hall–Kier alpha value is -2.36. The van der Waals surface area contributed by atoms with Crippen LogP contribution in [-0.4, -0.2) is 66.4 Å². The lowest BCUT2D eigenvalue weighted by Crippen LogP contribution is -2.47. The minimum atomic E-state index is -1.10. The number of esters is 2. The van der Waals surface area contributed by atoms with Gasteiger partial charge in [-0.3, -0.25) is 0 Å². The van der Waals surface area contributed by atoms with Gasteiger partial charge in [-0.25, -0.2) is 14.4 Å². The van der Waals surface area contributed by atoms with Gasteiger partial charge in [0.1, 0.15) is 17.7 Å². The van der Waals surface area contributed by atoms with E-state index in [2.05, 4.69) is 10.5 Å². The van der Waals surface area contributed by atoms with E-state index in [1.54, 1.807) is 34.6 Å². The summed E-state index contributed by atoms with van der Waals surface area (Å²) < 4.78 is 15.0. The minimum Gasteiger partial charge on any atom is -0.464 e. The Morgan fingerprint density at radius 2 is 1.85 bits per heavy atom. The summed E-state index contributed by atoms with van der Waals surface area (Å²) in [4.78, 5) is 41.3. The number of aliphatic hydroxyl groups excluding tert-OH is 1. The highest BCUT2D eigenvalue weighted by Gasteiger charge is 2.41. The first-order chi connectivity index (χ1) is 12.6. The molecule has 0 radical (unpaired) electrons. The molecule has 2 N–H and O–H groups in total. The van der Waals surface area contributed by atoms with Crippen molar-refractivity contribution in [3.8, 4) is 0 Å². The number of hydrogen-bond donors (Lipinski definition) is 2. The van der Waals surface area contributed by atoms with Crippen LogP contribution >= 0.6 is 0 Å². The molecule has 1 aliphatic heterocycles. The summed E-state index contributed by atoms with van der Waals surface area (Å²) in [7, 11) is 0. The molecular weight excluding hydrogens is 360 g/mol. The first-order valence-electron chi connectivity index (χ1n) is 8.80. The lowest BCUT2D eigenvalue weighted by Gasteiger charge is -2.25. The van der Waals surface area contributed by atoms with Crippen molar-refractivity contribution in [3.63, 3.8) is 0 Å². The predicted octanol–water partition coefficient (Wildman–Crippen LogP) is 0.759. The lowest BCUT2D eigenvalue weighted by atomic mass is 9.93. The fraction of sp³-hybridized carbons (Fsp3) is 0.765. The first kappa shape index (κ1) is 22.7. The average Bonchev–Trinajstić information content (AvgIpc) is 2.95. The maximum Gasteiger partial charge on any atom is 0.408 e. The zero-order valence-electron chi connectivity index (χ0n) is 16.3. The van der Waals surface area contributed by atoms with E-state index in [4.69, 9.17) is 19.0 Å². The molecule has 10 nitrogen and oxygen atoms in total. The van der Waals surface area contributed by atoms with Crippen molar-refractivity contribution in [2.24, 2.45) is 11.1 Å². The van der Waals surface area contributed by atoms with Crippen molar-refractivity contribution in [1.82, 2.24) is 5.32 Å². The maximum atomic E-state index is 12.2. The van der Waals surface area contributed by atoms with Crippen LogP contribution in [0, 0.1) is 5.92 Å². The number of hydrogen-bond acceptors (Lipinski definition) is 9. The molecule has 154 valence electrons. The topological polar surface area (TPSA) is 133 Å². The van der Waals surface area contributed by atoms with E-state index < -0.39 is 48.3 Å². The van der Waals surface area contributed by atoms with Crippen molar-refractivity contribution < 1.29 is 38.5 Å². The van der Waals surface area contributed by atoms with Crippen LogP contribution in [0.5, 0.6) is 0 Å². The molecule has 1 aliphatic rings. The Labute approximate surface area is 158 Å². The summed E-state index contributed by atoms with van der Waals surface area (Å²) in [5.74, 6) is -2.18. The zero-order chi connectivity index (χ0) is 20.6. The van der Waals surface area contributed by atoms with Gasteiger partial charge in [-0.05, 0) is 34.6 Å². The van der Waals surface area contributed by atoms with Gasteiger partial charge in [-0.2, -0.15) is 0 Å². The molecule has 0 aromatic rings. The van der Waals surface area contributed by atoms with Crippen LogP contribution in [0.1, 0.15) is 41.0 Å². The number of carbonyl (C=O) groups is 3. The molecule has 0 aliphatic carbocycles. The molecule has 10 heteroatoms. The lowest BCUT2D eigenvalue weighted by molar-refractivity contribution is -0.147. The summed E-state index contributed by atoms with van der Waals surface area (Å²) in [6.45, 7) is 8.16. The van der Waals surface area contributed by atoms with E-state index in [1.807, 2.05) is 0 Å². The van der Waals surface area contributed by atoms with Crippen LogP contribution in [0.4, 0.5) is 4.79 Å². The molecule has 0 saturated carbocycles. The SMILES string of the molecule is CCOC(=O)C1=NO[C@@H](C[C@H](NC(=O)OC(C)(C)C)C(=O)OCC)[C@H]1CO. The molecule has 0 unspecified atom stereocenters. The van der Waals surface area contributed by atoms with E-state index in [0.717, 1.165) is 0 Å². The molecule has 0 bridgehead atoms. The van der Waals surface area contributed by atoms with Crippen LogP contribution in [0.3, 0.4) is 0 Å². The van der Waals surface area contributed by atoms with Gasteiger partial charge in [0.2, 0.25) is 0 Å². The van der Waals surface area contributed by atoms with E-state index in [1.165, 1.54) is 0 Å². The molecule has 0 aromatic carbocycles. The summed E-state index contributed by atoms with van der Waals surface area (Å²) in [6.07, 6.45) is -1.69. The average molecular weight is 388 g/mol. The Bertz CT molecular complexity index is 570. The van der Waals surface area contributed by atoms with Gasteiger partial charge in [0.15, 0.2) is 5.71 Å². The Morgan fingerprint density at radius 1 is 1.22 bits per heavy atom. The largest absolute Gasteiger partial charge is 0.464 e. The van der Waals surface area contributed by atoms with Gasteiger partial charge < -0.3 is 29.5 Å². The number of oxime groups is 1. The molecule has 1 rings (SSSR count). The van der Waals surface area contributed by atoms with E-state index >= 15 is 0 Å². The number of nitrogens with one attached hydrogen (secondary N) is 1. The first-order valence-corrected chi connectivity index (χ1v) is 8.80. The zero-order valence-corrected chi connectivity index (χ0v) is 16.3. The fourth-order valence-electron chi connectivity index (χ4n) is 2.39.